The summed E-state index contributed by atoms with van der Waals surface area (Å²) in [6.45, 7) is 6.27. The molecule has 0 heterocycles. The van der Waals surface area contributed by atoms with E-state index in [1.54, 1.807) is 6.92 Å². The van der Waals surface area contributed by atoms with Gasteiger partial charge in [0.15, 0.2) is 0 Å². The van der Waals surface area contributed by atoms with Crippen molar-refractivity contribution in [2.75, 3.05) is 5.75 Å². The van der Waals surface area contributed by atoms with Crippen molar-refractivity contribution in [1.29, 1.82) is 0 Å². The first-order chi connectivity index (χ1) is 7.44. The summed E-state index contributed by atoms with van der Waals surface area (Å²) in [5.74, 6) is 0.623. The Balaban J connectivity index is 2.63. The molecule has 0 atom stereocenters. The first-order valence-corrected chi connectivity index (χ1v) is 7.16. The number of nitrogens with one attached hydrogen (secondary N) is 1. The van der Waals surface area contributed by atoms with Crippen LogP contribution in [0.1, 0.15) is 37.8 Å². The Hall–Kier alpha value is -0.870. The second-order valence-electron chi connectivity index (χ2n) is 4.12. The Bertz CT molecular complexity index is 421. The molecule has 1 N–H and O–H groups in total. The van der Waals surface area contributed by atoms with Gasteiger partial charge in [-0.15, -0.1) is 0 Å². The molecule has 0 aromatic heterocycles. The van der Waals surface area contributed by atoms with Gasteiger partial charge in [0, 0.05) is 6.54 Å². The van der Waals surface area contributed by atoms with Crippen molar-refractivity contribution in [3.63, 3.8) is 0 Å². The molecule has 3 nitrogen and oxygen atoms in total. The largest absolute Gasteiger partial charge is 0.212 e. The van der Waals surface area contributed by atoms with E-state index in [1.807, 2.05) is 24.3 Å². The third-order valence-corrected chi connectivity index (χ3v) is 3.87. The topological polar surface area (TPSA) is 46.2 Å². The lowest BCUT2D eigenvalue weighted by Crippen LogP contribution is -2.24. The molecule has 0 spiro atoms. The van der Waals surface area contributed by atoms with Gasteiger partial charge in [-0.3, -0.25) is 0 Å². The molecule has 0 amide bonds. The van der Waals surface area contributed by atoms with Crippen molar-refractivity contribution in [3.8, 4) is 0 Å². The highest BCUT2D eigenvalue weighted by atomic mass is 32.2. The molecule has 0 fully saturated rings. The van der Waals surface area contributed by atoms with Crippen LogP contribution >= 0.6 is 0 Å². The molecular formula is C12H19NO2S. The Kier molecular flexibility index (Phi) is 4.50. The molecule has 0 radical (unpaired) electrons. The molecule has 0 saturated heterocycles. The minimum absolute atomic E-state index is 0.122. The summed E-state index contributed by atoms with van der Waals surface area (Å²) in [4.78, 5) is 0. The van der Waals surface area contributed by atoms with Gasteiger partial charge in [0.05, 0.1) is 5.75 Å². The van der Waals surface area contributed by atoms with E-state index >= 15 is 0 Å². The van der Waals surface area contributed by atoms with Gasteiger partial charge in [0.2, 0.25) is 10.0 Å². The molecular weight excluding hydrogens is 222 g/mol. The van der Waals surface area contributed by atoms with E-state index in [0.29, 0.717) is 12.5 Å². The summed E-state index contributed by atoms with van der Waals surface area (Å²) < 4.78 is 25.0. The number of benzene rings is 1. The minimum atomic E-state index is -3.09. The number of hydrogen-bond acceptors (Lipinski definition) is 2. The number of sulfonamides is 1. The smallest absolute Gasteiger partial charge is 0.211 e. The molecule has 16 heavy (non-hydrogen) atoms. The molecule has 1 rings (SSSR count). The second kappa shape index (κ2) is 5.46. The number of hydrogen-bond donors (Lipinski definition) is 1. The van der Waals surface area contributed by atoms with Crippen LogP contribution in [0.3, 0.4) is 0 Å². The zero-order valence-corrected chi connectivity index (χ0v) is 10.8. The Morgan fingerprint density at radius 2 is 1.75 bits per heavy atom. The van der Waals surface area contributed by atoms with E-state index in [-0.39, 0.29) is 5.75 Å². The molecule has 90 valence electrons. The van der Waals surface area contributed by atoms with Crippen molar-refractivity contribution >= 4 is 10.0 Å². The van der Waals surface area contributed by atoms with E-state index in [2.05, 4.69) is 18.6 Å². The summed E-state index contributed by atoms with van der Waals surface area (Å²) in [5, 5.41) is 0. The van der Waals surface area contributed by atoms with Gasteiger partial charge >= 0.3 is 0 Å². The molecule has 1 aromatic carbocycles. The fraction of sp³-hybridized carbons (Fsp3) is 0.500. The van der Waals surface area contributed by atoms with Crippen molar-refractivity contribution in [3.05, 3.63) is 35.4 Å². The van der Waals surface area contributed by atoms with Crippen molar-refractivity contribution < 1.29 is 8.42 Å². The predicted octanol–water partition coefficient (Wildman–Crippen LogP) is 2.25. The lowest BCUT2D eigenvalue weighted by Gasteiger charge is -2.07. The summed E-state index contributed by atoms with van der Waals surface area (Å²) in [6, 6.07) is 8.02. The van der Waals surface area contributed by atoms with Crippen LogP contribution in [0.15, 0.2) is 24.3 Å². The normalized spacial score (nSPS) is 12.0. The average Bonchev–Trinajstić information content (AvgIpc) is 2.27. The zero-order valence-electron chi connectivity index (χ0n) is 10.0. The van der Waals surface area contributed by atoms with Crippen LogP contribution in [-0.4, -0.2) is 14.2 Å². The van der Waals surface area contributed by atoms with E-state index in [1.165, 1.54) is 5.56 Å². The van der Waals surface area contributed by atoms with Crippen LogP contribution in [0, 0.1) is 0 Å². The van der Waals surface area contributed by atoms with Crippen LogP contribution in [-0.2, 0) is 16.6 Å². The van der Waals surface area contributed by atoms with Gasteiger partial charge in [-0.1, -0.05) is 38.1 Å². The monoisotopic (exact) mass is 241 g/mol. The lowest BCUT2D eigenvalue weighted by atomic mass is 10.0. The van der Waals surface area contributed by atoms with Crippen LogP contribution in [0.25, 0.3) is 0 Å². The molecule has 0 saturated carbocycles. The lowest BCUT2D eigenvalue weighted by molar-refractivity contribution is 0.582. The summed E-state index contributed by atoms with van der Waals surface area (Å²) in [7, 11) is -3.09. The first-order valence-electron chi connectivity index (χ1n) is 5.51. The van der Waals surface area contributed by atoms with Crippen LogP contribution in [0.4, 0.5) is 0 Å². The third kappa shape index (κ3) is 3.94. The van der Waals surface area contributed by atoms with Gasteiger partial charge in [-0.05, 0) is 24.0 Å². The van der Waals surface area contributed by atoms with E-state index < -0.39 is 10.0 Å². The van der Waals surface area contributed by atoms with Gasteiger partial charge in [0.25, 0.3) is 0 Å². The number of rotatable bonds is 5. The van der Waals surface area contributed by atoms with Gasteiger partial charge in [0.1, 0.15) is 0 Å². The molecule has 0 aliphatic carbocycles. The third-order valence-electron chi connectivity index (χ3n) is 2.52. The first kappa shape index (κ1) is 13.2. The van der Waals surface area contributed by atoms with Gasteiger partial charge in [-0.2, -0.15) is 0 Å². The summed E-state index contributed by atoms with van der Waals surface area (Å²) in [5.41, 5.74) is 2.25. The van der Waals surface area contributed by atoms with Gasteiger partial charge < -0.3 is 0 Å². The minimum Gasteiger partial charge on any atom is -0.212 e. The Labute approximate surface area is 97.9 Å². The molecule has 4 heteroatoms. The van der Waals surface area contributed by atoms with Crippen molar-refractivity contribution in [1.82, 2.24) is 4.72 Å². The standard InChI is InChI=1S/C12H19NO2S/c1-4-16(14,15)13-9-11-5-7-12(8-6-11)10(2)3/h5-8,10,13H,4,9H2,1-3H3. The average molecular weight is 241 g/mol. The van der Waals surface area contributed by atoms with E-state index in [4.69, 9.17) is 0 Å². The van der Waals surface area contributed by atoms with Crippen molar-refractivity contribution in [2.24, 2.45) is 0 Å². The highest BCUT2D eigenvalue weighted by Gasteiger charge is 2.05. The Morgan fingerprint density at radius 1 is 1.19 bits per heavy atom. The fourth-order valence-corrected chi connectivity index (χ4v) is 1.91. The summed E-state index contributed by atoms with van der Waals surface area (Å²) in [6.07, 6.45) is 0. The predicted molar refractivity (Wildman–Crippen MR) is 66.8 cm³/mol. The SMILES string of the molecule is CCS(=O)(=O)NCc1ccc(C(C)C)cc1. The molecule has 0 aliphatic heterocycles. The molecule has 1 aromatic rings. The molecule has 0 unspecified atom stereocenters. The van der Waals surface area contributed by atoms with E-state index in [9.17, 15) is 8.42 Å². The van der Waals surface area contributed by atoms with Crippen molar-refractivity contribution in [2.45, 2.75) is 33.2 Å². The van der Waals surface area contributed by atoms with Crippen LogP contribution < -0.4 is 4.72 Å². The quantitative estimate of drug-likeness (QED) is 0.859. The zero-order chi connectivity index (χ0) is 12.2. The maximum absolute atomic E-state index is 11.2. The second-order valence-corrected chi connectivity index (χ2v) is 6.22. The fourth-order valence-electron chi connectivity index (χ4n) is 1.32. The van der Waals surface area contributed by atoms with Crippen LogP contribution in [0.5, 0.6) is 0 Å². The highest BCUT2D eigenvalue weighted by Crippen LogP contribution is 2.14. The van der Waals surface area contributed by atoms with E-state index in [0.717, 1.165) is 5.56 Å². The maximum Gasteiger partial charge on any atom is 0.211 e. The molecule has 0 bridgehead atoms. The highest BCUT2D eigenvalue weighted by molar-refractivity contribution is 7.89. The maximum atomic E-state index is 11.2. The van der Waals surface area contributed by atoms with Gasteiger partial charge in [-0.25, -0.2) is 13.1 Å². The van der Waals surface area contributed by atoms with Crippen LogP contribution in [0.2, 0.25) is 0 Å². The molecule has 0 aliphatic rings. The summed E-state index contributed by atoms with van der Waals surface area (Å²) >= 11 is 0. The Morgan fingerprint density at radius 3 is 2.19 bits per heavy atom.